The molecule has 0 saturated heterocycles. The van der Waals surface area contributed by atoms with Crippen molar-refractivity contribution in [1.82, 2.24) is 10.2 Å². The molecule has 0 amide bonds. The molecule has 3 aromatic rings. The minimum Gasteiger partial charge on any atom is -0.492 e. The van der Waals surface area contributed by atoms with Crippen LogP contribution in [-0.2, 0) is 6.42 Å². The van der Waals surface area contributed by atoms with E-state index in [4.69, 9.17) is 10.5 Å². The van der Waals surface area contributed by atoms with Gasteiger partial charge >= 0.3 is 6.92 Å². The van der Waals surface area contributed by atoms with E-state index in [1.54, 1.807) is 13.0 Å². The van der Waals surface area contributed by atoms with Crippen molar-refractivity contribution < 1.29 is 9.76 Å². The average Bonchev–Trinajstić information content (AvgIpc) is 3.02. The Morgan fingerprint density at radius 1 is 1.26 bits per heavy atom. The highest BCUT2D eigenvalue weighted by Crippen LogP contribution is 2.37. The Hall–Kier alpha value is -2.60. The van der Waals surface area contributed by atoms with Crippen molar-refractivity contribution in [2.24, 2.45) is 0 Å². The number of nitrogens with zero attached hydrogens (tertiary/aromatic N) is 2. The molecule has 5 nitrogen and oxygen atoms in total. The number of nitrogens with two attached hydrogens (primary N) is 1. The fourth-order valence-electron chi connectivity index (χ4n) is 3.04. The lowest BCUT2D eigenvalue weighted by Gasteiger charge is -2.12. The Balaban J connectivity index is 1.93. The van der Waals surface area contributed by atoms with Crippen LogP contribution in [0.5, 0.6) is 5.75 Å². The standard InChI is InChI=1S/C17H16BN3O2/c1-18(22)12-6-11-4-5-23-17(11)14(8-12)10-2-3-13-15(19)9-20-21-16(13)7-10/h2-3,6-9,22H,4-5H2,1H3,(H2,19,21). The summed E-state index contributed by atoms with van der Waals surface area (Å²) in [5, 5.41) is 18.9. The van der Waals surface area contributed by atoms with Crippen molar-refractivity contribution in [1.29, 1.82) is 0 Å². The van der Waals surface area contributed by atoms with Crippen LogP contribution >= 0.6 is 0 Å². The SMILES string of the molecule is CB(O)c1cc2c(c(-c3ccc4c(N)cnnc4c3)c1)OCC2. The van der Waals surface area contributed by atoms with Crippen LogP contribution < -0.4 is 15.9 Å². The number of benzene rings is 2. The molecule has 2 aromatic carbocycles. The Labute approximate surface area is 134 Å². The van der Waals surface area contributed by atoms with Crippen LogP contribution in [0, 0.1) is 0 Å². The number of ether oxygens (including phenoxy) is 1. The minimum absolute atomic E-state index is 0.518. The third-order valence-electron chi connectivity index (χ3n) is 4.27. The maximum absolute atomic E-state index is 9.95. The number of rotatable bonds is 2. The quantitative estimate of drug-likeness (QED) is 0.703. The Morgan fingerprint density at radius 2 is 2.13 bits per heavy atom. The molecule has 114 valence electrons. The van der Waals surface area contributed by atoms with Crippen LogP contribution in [0.3, 0.4) is 0 Å². The summed E-state index contributed by atoms with van der Waals surface area (Å²) in [7, 11) is 0. The molecule has 0 aliphatic carbocycles. The lowest BCUT2D eigenvalue weighted by atomic mass is 9.63. The van der Waals surface area contributed by atoms with E-state index in [1.807, 2.05) is 30.3 Å². The summed E-state index contributed by atoms with van der Waals surface area (Å²) >= 11 is 0. The summed E-state index contributed by atoms with van der Waals surface area (Å²) in [5.74, 6) is 0.894. The van der Waals surface area contributed by atoms with Crippen LogP contribution in [0.25, 0.3) is 22.0 Å². The molecule has 6 heteroatoms. The van der Waals surface area contributed by atoms with Crippen LogP contribution in [0.1, 0.15) is 5.56 Å². The van der Waals surface area contributed by atoms with Crippen LogP contribution in [0.2, 0.25) is 6.82 Å². The molecule has 3 N–H and O–H groups in total. The van der Waals surface area contributed by atoms with Crippen molar-refractivity contribution >= 4 is 29.0 Å². The molecule has 0 spiro atoms. The van der Waals surface area contributed by atoms with Gasteiger partial charge in [0.1, 0.15) is 5.75 Å². The molecule has 1 aliphatic heterocycles. The van der Waals surface area contributed by atoms with Gasteiger partial charge in [-0.1, -0.05) is 25.0 Å². The van der Waals surface area contributed by atoms with Gasteiger partial charge < -0.3 is 15.5 Å². The van der Waals surface area contributed by atoms with Crippen LogP contribution in [0.4, 0.5) is 5.69 Å². The second kappa shape index (κ2) is 5.24. The van der Waals surface area contributed by atoms with E-state index in [2.05, 4.69) is 10.2 Å². The van der Waals surface area contributed by atoms with Gasteiger partial charge in [0, 0.05) is 17.4 Å². The van der Waals surface area contributed by atoms with E-state index in [0.717, 1.165) is 45.2 Å². The summed E-state index contributed by atoms with van der Waals surface area (Å²) in [4.78, 5) is 0. The molecule has 4 rings (SSSR count). The first-order valence-electron chi connectivity index (χ1n) is 7.62. The second-order valence-electron chi connectivity index (χ2n) is 5.86. The molecule has 0 bridgehead atoms. The van der Waals surface area contributed by atoms with Gasteiger partial charge in [0.2, 0.25) is 0 Å². The zero-order chi connectivity index (χ0) is 16.0. The third-order valence-corrected chi connectivity index (χ3v) is 4.27. The molecule has 2 heterocycles. The fraction of sp³-hybridized carbons (Fsp3) is 0.176. The van der Waals surface area contributed by atoms with Gasteiger partial charge in [0.05, 0.1) is 24.0 Å². The summed E-state index contributed by atoms with van der Waals surface area (Å²) in [6.07, 6.45) is 2.42. The summed E-state index contributed by atoms with van der Waals surface area (Å²) in [6.45, 7) is 1.93. The highest BCUT2D eigenvalue weighted by Gasteiger charge is 2.21. The minimum atomic E-state index is -0.518. The topological polar surface area (TPSA) is 81.3 Å². The first kappa shape index (κ1) is 14.0. The number of nitrogen functional groups attached to an aromatic ring is 1. The lowest BCUT2D eigenvalue weighted by Crippen LogP contribution is -2.26. The van der Waals surface area contributed by atoms with E-state index in [-0.39, 0.29) is 0 Å². The average molecular weight is 305 g/mol. The van der Waals surface area contributed by atoms with Crippen molar-refractivity contribution in [3.05, 3.63) is 42.1 Å². The molecule has 23 heavy (non-hydrogen) atoms. The zero-order valence-corrected chi connectivity index (χ0v) is 12.8. The van der Waals surface area contributed by atoms with Crippen molar-refractivity contribution in [3.8, 4) is 16.9 Å². The van der Waals surface area contributed by atoms with Gasteiger partial charge in [-0.15, -0.1) is 0 Å². The predicted octanol–water partition coefficient (Wildman–Crippen LogP) is 1.63. The molecule has 1 aromatic heterocycles. The maximum Gasteiger partial charge on any atom is 0.320 e. The van der Waals surface area contributed by atoms with Crippen LogP contribution in [0.15, 0.2) is 36.5 Å². The van der Waals surface area contributed by atoms with Gasteiger partial charge in [-0.2, -0.15) is 10.2 Å². The zero-order valence-electron chi connectivity index (χ0n) is 12.8. The Morgan fingerprint density at radius 3 is 2.96 bits per heavy atom. The molecular formula is C17H16BN3O2. The van der Waals surface area contributed by atoms with E-state index in [1.165, 1.54) is 0 Å². The second-order valence-corrected chi connectivity index (χ2v) is 5.86. The van der Waals surface area contributed by atoms with E-state index >= 15 is 0 Å². The summed E-state index contributed by atoms with van der Waals surface area (Å²) in [6, 6.07) is 9.92. The monoisotopic (exact) mass is 305 g/mol. The van der Waals surface area contributed by atoms with Crippen molar-refractivity contribution in [2.75, 3.05) is 12.3 Å². The van der Waals surface area contributed by atoms with Gasteiger partial charge in [0.15, 0.2) is 0 Å². The first-order chi connectivity index (χ1) is 11.1. The maximum atomic E-state index is 9.95. The molecule has 0 atom stereocenters. The van der Waals surface area contributed by atoms with E-state index in [9.17, 15) is 5.02 Å². The van der Waals surface area contributed by atoms with Gasteiger partial charge in [0.25, 0.3) is 0 Å². The number of anilines is 1. The van der Waals surface area contributed by atoms with Gasteiger partial charge in [-0.05, 0) is 28.7 Å². The number of hydrogen-bond donors (Lipinski definition) is 2. The largest absolute Gasteiger partial charge is 0.492 e. The highest BCUT2D eigenvalue weighted by molar-refractivity contribution is 6.65. The normalized spacial score (nSPS) is 13.0. The molecular weight excluding hydrogens is 289 g/mol. The number of fused-ring (bicyclic) bond motifs is 2. The summed E-state index contributed by atoms with van der Waals surface area (Å²) in [5.41, 5.74) is 11.3. The van der Waals surface area contributed by atoms with Gasteiger partial charge in [-0.25, -0.2) is 0 Å². The van der Waals surface area contributed by atoms with E-state index < -0.39 is 6.92 Å². The Kier molecular flexibility index (Phi) is 3.20. The van der Waals surface area contributed by atoms with E-state index in [0.29, 0.717) is 12.3 Å². The fourth-order valence-corrected chi connectivity index (χ4v) is 3.04. The number of aromatic nitrogens is 2. The highest BCUT2D eigenvalue weighted by atomic mass is 16.5. The van der Waals surface area contributed by atoms with Crippen LogP contribution in [-0.4, -0.2) is 28.7 Å². The third kappa shape index (κ3) is 2.31. The number of hydrogen-bond acceptors (Lipinski definition) is 5. The molecule has 0 unspecified atom stereocenters. The van der Waals surface area contributed by atoms with Crippen molar-refractivity contribution in [3.63, 3.8) is 0 Å². The summed E-state index contributed by atoms with van der Waals surface area (Å²) < 4.78 is 5.81. The van der Waals surface area contributed by atoms with Crippen molar-refractivity contribution in [2.45, 2.75) is 13.2 Å². The van der Waals surface area contributed by atoms with Gasteiger partial charge in [-0.3, -0.25) is 0 Å². The molecule has 1 aliphatic rings. The Bertz CT molecular complexity index is 912. The molecule has 0 saturated carbocycles. The first-order valence-corrected chi connectivity index (χ1v) is 7.62. The molecule has 0 radical (unpaired) electrons. The molecule has 0 fully saturated rings. The predicted molar refractivity (Wildman–Crippen MR) is 92.1 cm³/mol. The lowest BCUT2D eigenvalue weighted by molar-refractivity contribution is 0.358. The smallest absolute Gasteiger partial charge is 0.320 e.